The second kappa shape index (κ2) is 5.83. The number of nitrogens with two attached hydrogens (primary N) is 1. The lowest BCUT2D eigenvalue weighted by molar-refractivity contribution is 0.546. The van der Waals surface area contributed by atoms with Crippen LogP contribution in [0.15, 0.2) is 6.20 Å². The molecule has 19 heavy (non-hydrogen) atoms. The summed E-state index contributed by atoms with van der Waals surface area (Å²) in [6, 6.07) is 0. The first-order valence-electron chi connectivity index (χ1n) is 6.62. The molecule has 0 aromatic carbocycles. The van der Waals surface area contributed by atoms with Crippen molar-refractivity contribution < 1.29 is 0 Å². The van der Waals surface area contributed by atoms with E-state index < -0.39 is 0 Å². The van der Waals surface area contributed by atoms with Gasteiger partial charge in [0.15, 0.2) is 5.65 Å². The van der Waals surface area contributed by atoms with E-state index in [2.05, 4.69) is 51.3 Å². The fraction of sp³-hybridized carbons (Fsp3) is 0.583. The van der Waals surface area contributed by atoms with Gasteiger partial charge < -0.3 is 4.90 Å². The van der Waals surface area contributed by atoms with Crippen molar-refractivity contribution in [3.8, 4) is 0 Å². The van der Waals surface area contributed by atoms with E-state index in [1.807, 2.05) is 0 Å². The topological polar surface area (TPSA) is 95.8 Å². The van der Waals surface area contributed by atoms with Gasteiger partial charge in [0.05, 0.1) is 11.6 Å². The molecule has 0 saturated heterocycles. The molecule has 0 aliphatic rings. The van der Waals surface area contributed by atoms with Gasteiger partial charge in [-0.1, -0.05) is 20.3 Å². The van der Waals surface area contributed by atoms with Gasteiger partial charge in [0.25, 0.3) is 0 Å². The first-order chi connectivity index (χ1) is 9.19. The maximum atomic E-state index is 5.42. The van der Waals surface area contributed by atoms with Crippen molar-refractivity contribution >= 4 is 22.8 Å². The number of aromatic nitrogens is 4. The van der Waals surface area contributed by atoms with Crippen LogP contribution in [0.5, 0.6) is 0 Å². The molecule has 2 aromatic heterocycles. The Labute approximate surface area is 112 Å². The van der Waals surface area contributed by atoms with Crippen LogP contribution >= 0.6 is 0 Å². The Balaban J connectivity index is 2.42. The third-order valence-electron chi connectivity index (χ3n) is 3.33. The van der Waals surface area contributed by atoms with Gasteiger partial charge in [-0.2, -0.15) is 15.1 Å². The van der Waals surface area contributed by atoms with Crippen molar-refractivity contribution in [1.82, 2.24) is 20.2 Å². The predicted octanol–water partition coefficient (Wildman–Crippen LogP) is 1.51. The van der Waals surface area contributed by atoms with Gasteiger partial charge in [-0.15, -0.1) is 0 Å². The molecule has 7 heteroatoms. The van der Waals surface area contributed by atoms with E-state index in [0.717, 1.165) is 30.7 Å². The Morgan fingerprint density at radius 1 is 1.42 bits per heavy atom. The van der Waals surface area contributed by atoms with Gasteiger partial charge >= 0.3 is 0 Å². The molecule has 4 N–H and O–H groups in total. The van der Waals surface area contributed by atoms with Crippen molar-refractivity contribution in [2.75, 3.05) is 23.4 Å². The number of aromatic amines is 1. The lowest BCUT2D eigenvalue weighted by Gasteiger charge is -2.25. The number of anilines is 2. The molecule has 2 aromatic rings. The molecule has 7 nitrogen and oxygen atoms in total. The van der Waals surface area contributed by atoms with Crippen molar-refractivity contribution in [3.63, 3.8) is 0 Å². The smallest absolute Gasteiger partial charge is 0.241 e. The molecule has 0 bridgehead atoms. The van der Waals surface area contributed by atoms with Crippen molar-refractivity contribution in [2.45, 2.75) is 27.2 Å². The Kier molecular flexibility index (Phi) is 4.16. The van der Waals surface area contributed by atoms with Gasteiger partial charge in [0.1, 0.15) is 5.82 Å². The van der Waals surface area contributed by atoms with Gasteiger partial charge in [0, 0.05) is 13.1 Å². The summed E-state index contributed by atoms with van der Waals surface area (Å²) in [5, 5.41) is 7.81. The second-order valence-electron chi connectivity index (χ2n) is 4.70. The van der Waals surface area contributed by atoms with Crippen molar-refractivity contribution in [3.05, 3.63) is 6.20 Å². The molecule has 0 spiro atoms. The molecule has 1 atom stereocenters. The first kappa shape index (κ1) is 13.5. The minimum Gasteiger partial charge on any atom is -0.356 e. The number of hydrogen-bond donors (Lipinski definition) is 3. The number of fused-ring (bicyclic) bond motifs is 1. The standard InChI is InChI=1S/C12H21N7/c1-4-8(3)7-19(5-2)11-9-6-14-18-10(9)15-12(16-11)17-13/h6,8H,4-5,7,13H2,1-3H3,(H2,14,15,16,17,18). The number of H-pyrrole nitrogens is 1. The highest BCUT2D eigenvalue weighted by atomic mass is 15.3. The maximum Gasteiger partial charge on any atom is 0.241 e. The third-order valence-corrected chi connectivity index (χ3v) is 3.33. The number of nitrogens with zero attached hydrogens (tertiary/aromatic N) is 4. The van der Waals surface area contributed by atoms with Gasteiger partial charge in [-0.05, 0) is 12.8 Å². The van der Waals surface area contributed by atoms with Gasteiger partial charge in [-0.25, -0.2) is 5.84 Å². The van der Waals surface area contributed by atoms with E-state index in [-0.39, 0.29) is 0 Å². The molecule has 0 fully saturated rings. The van der Waals surface area contributed by atoms with Crippen LogP contribution in [-0.2, 0) is 0 Å². The molecule has 0 radical (unpaired) electrons. The third kappa shape index (κ3) is 2.76. The fourth-order valence-corrected chi connectivity index (χ4v) is 2.00. The van der Waals surface area contributed by atoms with Crippen LogP contribution in [0.4, 0.5) is 11.8 Å². The number of rotatable bonds is 6. The average molecular weight is 263 g/mol. The molecule has 1 unspecified atom stereocenters. The number of hydrogen-bond acceptors (Lipinski definition) is 6. The zero-order valence-electron chi connectivity index (χ0n) is 11.6. The molecule has 2 rings (SSSR count). The number of nitrogens with one attached hydrogen (secondary N) is 2. The fourth-order valence-electron chi connectivity index (χ4n) is 2.00. The summed E-state index contributed by atoms with van der Waals surface area (Å²) in [5.41, 5.74) is 3.19. The first-order valence-corrected chi connectivity index (χ1v) is 6.62. The van der Waals surface area contributed by atoms with E-state index in [0.29, 0.717) is 17.5 Å². The summed E-state index contributed by atoms with van der Waals surface area (Å²) in [7, 11) is 0. The van der Waals surface area contributed by atoms with E-state index in [1.54, 1.807) is 6.20 Å². The van der Waals surface area contributed by atoms with Crippen LogP contribution < -0.4 is 16.2 Å². The van der Waals surface area contributed by atoms with Crippen LogP contribution in [0.2, 0.25) is 0 Å². The largest absolute Gasteiger partial charge is 0.356 e. The van der Waals surface area contributed by atoms with E-state index in [9.17, 15) is 0 Å². The van der Waals surface area contributed by atoms with Crippen molar-refractivity contribution in [2.24, 2.45) is 11.8 Å². The second-order valence-corrected chi connectivity index (χ2v) is 4.70. The molecule has 104 valence electrons. The van der Waals surface area contributed by atoms with Crippen LogP contribution in [0.3, 0.4) is 0 Å². The summed E-state index contributed by atoms with van der Waals surface area (Å²) in [6.07, 6.45) is 2.89. The number of hydrazine groups is 1. The average Bonchev–Trinajstić information content (AvgIpc) is 2.91. The Bertz CT molecular complexity index is 536. The summed E-state index contributed by atoms with van der Waals surface area (Å²) in [4.78, 5) is 10.9. The zero-order valence-corrected chi connectivity index (χ0v) is 11.6. The molecule has 0 amide bonds. The van der Waals surface area contributed by atoms with Gasteiger partial charge in [0.2, 0.25) is 5.95 Å². The highest BCUT2D eigenvalue weighted by molar-refractivity contribution is 5.87. The molecular formula is C12H21N7. The van der Waals surface area contributed by atoms with Crippen LogP contribution in [0.25, 0.3) is 11.0 Å². The Morgan fingerprint density at radius 2 is 2.21 bits per heavy atom. The summed E-state index contributed by atoms with van der Waals surface area (Å²) in [6.45, 7) is 8.38. The summed E-state index contributed by atoms with van der Waals surface area (Å²) >= 11 is 0. The lowest BCUT2D eigenvalue weighted by atomic mass is 10.1. The van der Waals surface area contributed by atoms with Crippen molar-refractivity contribution in [1.29, 1.82) is 0 Å². The summed E-state index contributed by atoms with van der Waals surface area (Å²) in [5.74, 6) is 7.29. The van der Waals surface area contributed by atoms with E-state index in [4.69, 9.17) is 5.84 Å². The molecular weight excluding hydrogens is 242 g/mol. The van der Waals surface area contributed by atoms with E-state index >= 15 is 0 Å². The minimum atomic E-state index is 0.398. The molecule has 0 saturated carbocycles. The minimum absolute atomic E-state index is 0.398. The van der Waals surface area contributed by atoms with E-state index in [1.165, 1.54) is 0 Å². The van der Waals surface area contributed by atoms with Crippen LogP contribution in [0, 0.1) is 5.92 Å². The van der Waals surface area contributed by atoms with Crippen LogP contribution in [-0.4, -0.2) is 33.3 Å². The Hall–Kier alpha value is -1.89. The van der Waals surface area contributed by atoms with Crippen LogP contribution in [0.1, 0.15) is 27.2 Å². The lowest BCUT2D eigenvalue weighted by Crippen LogP contribution is -2.29. The Morgan fingerprint density at radius 3 is 2.84 bits per heavy atom. The zero-order chi connectivity index (χ0) is 13.8. The number of nitrogen functional groups attached to an aromatic ring is 1. The maximum absolute atomic E-state index is 5.42. The SMILES string of the molecule is CCC(C)CN(CC)c1nc(NN)nc2[nH]ncc12. The normalized spacial score (nSPS) is 12.6. The highest BCUT2D eigenvalue weighted by Gasteiger charge is 2.16. The molecule has 2 heterocycles. The summed E-state index contributed by atoms with van der Waals surface area (Å²) < 4.78 is 0. The monoisotopic (exact) mass is 263 g/mol. The van der Waals surface area contributed by atoms with Gasteiger partial charge in [-0.3, -0.25) is 10.5 Å². The quantitative estimate of drug-likeness (QED) is 0.540. The molecule has 0 aliphatic heterocycles. The predicted molar refractivity (Wildman–Crippen MR) is 76.8 cm³/mol. The highest BCUT2D eigenvalue weighted by Crippen LogP contribution is 2.24. The molecule has 0 aliphatic carbocycles.